The van der Waals surface area contributed by atoms with Crippen molar-refractivity contribution in [1.29, 1.82) is 5.26 Å². The molecule has 2 amide bonds. The summed E-state index contributed by atoms with van der Waals surface area (Å²) >= 11 is 0. The number of hydrogen-bond donors (Lipinski definition) is 2. The zero-order chi connectivity index (χ0) is 22.4. The van der Waals surface area contributed by atoms with Crippen LogP contribution >= 0.6 is 0 Å². The number of hydrogen-bond acceptors (Lipinski definition) is 4. The number of likely N-dealkylation sites (tertiary alicyclic amines) is 1. The van der Waals surface area contributed by atoms with Crippen molar-refractivity contribution in [3.8, 4) is 6.07 Å². The van der Waals surface area contributed by atoms with E-state index in [1.54, 1.807) is 0 Å². The van der Waals surface area contributed by atoms with Crippen LogP contribution in [0.25, 0.3) is 0 Å². The molecule has 0 aliphatic carbocycles. The third kappa shape index (κ3) is 6.20. The maximum Gasteiger partial charge on any atom is 0.237 e. The molecule has 1 fully saturated rings. The maximum atomic E-state index is 14.1. The number of carbonyl (C=O) groups is 2. The standard InChI is InChI=1S/C21H27F3N4O2/c1-12(2)6-19(26)21(30)27-14(7-13-8-17(23)18(24)10-16(13)22)9-20(29)28-5-3-4-15(28)11-25/h8,10,12,14-15,19H,3-7,9,26H2,1-2H3,(H,27,30)/t14-,15?,19?/m1/s1. The van der Waals surface area contributed by atoms with Gasteiger partial charge in [-0.15, -0.1) is 0 Å². The van der Waals surface area contributed by atoms with Gasteiger partial charge < -0.3 is 16.0 Å². The predicted molar refractivity (Wildman–Crippen MR) is 104 cm³/mol. The Bertz CT molecular complexity index is 825. The van der Waals surface area contributed by atoms with Crippen LogP contribution in [0.5, 0.6) is 0 Å². The fourth-order valence-corrected chi connectivity index (χ4v) is 3.61. The van der Waals surface area contributed by atoms with Crippen molar-refractivity contribution >= 4 is 11.8 Å². The van der Waals surface area contributed by atoms with Crippen LogP contribution in [-0.2, 0) is 16.0 Å². The van der Waals surface area contributed by atoms with Gasteiger partial charge in [0.25, 0.3) is 0 Å². The van der Waals surface area contributed by atoms with Crippen LogP contribution < -0.4 is 11.1 Å². The minimum Gasteiger partial charge on any atom is -0.351 e. The molecule has 1 aromatic rings. The molecule has 0 aromatic heterocycles. The van der Waals surface area contributed by atoms with Gasteiger partial charge in [-0.25, -0.2) is 13.2 Å². The second-order valence-electron chi connectivity index (χ2n) is 8.08. The van der Waals surface area contributed by atoms with Crippen molar-refractivity contribution < 1.29 is 22.8 Å². The largest absolute Gasteiger partial charge is 0.351 e. The third-order valence-electron chi connectivity index (χ3n) is 5.11. The van der Waals surface area contributed by atoms with Crippen LogP contribution in [0.3, 0.4) is 0 Å². The second-order valence-corrected chi connectivity index (χ2v) is 8.08. The molecule has 0 radical (unpaired) electrons. The van der Waals surface area contributed by atoms with Crippen molar-refractivity contribution in [3.63, 3.8) is 0 Å². The summed E-state index contributed by atoms with van der Waals surface area (Å²) in [4.78, 5) is 26.6. The molecule has 1 saturated heterocycles. The first-order valence-corrected chi connectivity index (χ1v) is 10.0. The number of amides is 2. The summed E-state index contributed by atoms with van der Waals surface area (Å²) in [7, 11) is 0. The minimum atomic E-state index is -1.32. The Hall–Kier alpha value is -2.60. The fraction of sp³-hybridized carbons (Fsp3) is 0.571. The van der Waals surface area contributed by atoms with E-state index in [1.807, 2.05) is 13.8 Å². The Labute approximate surface area is 174 Å². The van der Waals surface area contributed by atoms with Gasteiger partial charge in [0.2, 0.25) is 11.8 Å². The van der Waals surface area contributed by atoms with Gasteiger partial charge >= 0.3 is 0 Å². The molecule has 1 aliphatic rings. The van der Waals surface area contributed by atoms with Crippen molar-refractivity contribution in [2.24, 2.45) is 11.7 Å². The van der Waals surface area contributed by atoms with Crippen LogP contribution in [0.1, 0.15) is 45.1 Å². The molecule has 2 rings (SSSR count). The fourth-order valence-electron chi connectivity index (χ4n) is 3.61. The molecule has 0 spiro atoms. The molecule has 164 valence electrons. The van der Waals surface area contributed by atoms with Crippen LogP contribution in [0.2, 0.25) is 0 Å². The summed E-state index contributed by atoms with van der Waals surface area (Å²) in [6.07, 6.45) is 1.24. The third-order valence-corrected chi connectivity index (χ3v) is 5.11. The minimum absolute atomic E-state index is 0.162. The van der Waals surface area contributed by atoms with E-state index in [2.05, 4.69) is 11.4 Å². The van der Waals surface area contributed by atoms with Gasteiger partial charge in [0.15, 0.2) is 11.6 Å². The quantitative estimate of drug-likeness (QED) is 0.626. The molecule has 3 N–H and O–H groups in total. The summed E-state index contributed by atoms with van der Waals surface area (Å²) in [6, 6.07) is 0.965. The number of benzene rings is 1. The van der Waals surface area contributed by atoms with Gasteiger partial charge in [0, 0.05) is 25.1 Å². The first kappa shape index (κ1) is 23.7. The molecule has 1 aromatic carbocycles. The van der Waals surface area contributed by atoms with E-state index in [0.29, 0.717) is 31.9 Å². The second kappa shape index (κ2) is 10.4. The summed E-state index contributed by atoms with van der Waals surface area (Å²) in [5, 5.41) is 11.8. The Kier molecular flexibility index (Phi) is 8.24. The summed E-state index contributed by atoms with van der Waals surface area (Å²) in [5.41, 5.74) is 5.73. The average Bonchev–Trinajstić information content (AvgIpc) is 3.14. The summed E-state index contributed by atoms with van der Waals surface area (Å²) < 4.78 is 41.0. The molecule has 6 nitrogen and oxygen atoms in total. The maximum absolute atomic E-state index is 14.1. The highest BCUT2D eigenvalue weighted by atomic mass is 19.2. The molecule has 2 unspecified atom stereocenters. The number of carbonyl (C=O) groups excluding carboxylic acids is 2. The lowest BCUT2D eigenvalue weighted by atomic mass is 9.99. The van der Waals surface area contributed by atoms with Crippen molar-refractivity contribution in [2.45, 2.75) is 64.1 Å². The number of halogens is 3. The molecule has 30 heavy (non-hydrogen) atoms. The number of nitrogens with one attached hydrogen (secondary N) is 1. The highest BCUT2D eigenvalue weighted by Gasteiger charge is 2.31. The Balaban J connectivity index is 2.19. The number of nitriles is 1. The van der Waals surface area contributed by atoms with Gasteiger partial charge in [-0.05, 0) is 43.2 Å². The Morgan fingerprint density at radius 1 is 1.27 bits per heavy atom. The highest BCUT2D eigenvalue weighted by Crippen LogP contribution is 2.20. The van der Waals surface area contributed by atoms with Crippen molar-refractivity contribution in [3.05, 3.63) is 35.1 Å². The van der Waals surface area contributed by atoms with E-state index in [1.165, 1.54) is 4.90 Å². The zero-order valence-electron chi connectivity index (χ0n) is 17.1. The first-order valence-electron chi connectivity index (χ1n) is 10.0. The Morgan fingerprint density at radius 3 is 2.57 bits per heavy atom. The van der Waals surface area contributed by atoms with Crippen LogP contribution in [0, 0.1) is 34.7 Å². The van der Waals surface area contributed by atoms with Gasteiger partial charge in [-0.1, -0.05) is 13.8 Å². The van der Waals surface area contributed by atoms with Crippen LogP contribution in [0.15, 0.2) is 12.1 Å². The van der Waals surface area contributed by atoms with E-state index < -0.39 is 41.5 Å². The average molecular weight is 424 g/mol. The zero-order valence-corrected chi connectivity index (χ0v) is 17.1. The normalized spacial score (nSPS) is 18.2. The molecular formula is C21H27F3N4O2. The smallest absolute Gasteiger partial charge is 0.237 e. The molecule has 0 saturated carbocycles. The molecule has 1 heterocycles. The van der Waals surface area contributed by atoms with Gasteiger partial charge in [-0.3, -0.25) is 9.59 Å². The van der Waals surface area contributed by atoms with E-state index in [9.17, 15) is 28.0 Å². The molecule has 3 atom stereocenters. The lowest BCUT2D eigenvalue weighted by Crippen LogP contribution is -2.49. The van der Waals surface area contributed by atoms with Crippen molar-refractivity contribution in [1.82, 2.24) is 10.2 Å². The number of rotatable bonds is 8. The van der Waals surface area contributed by atoms with E-state index in [-0.39, 0.29) is 30.2 Å². The van der Waals surface area contributed by atoms with Gasteiger partial charge in [-0.2, -0.15) is 5.26 Å². The van der Waals surface area contributed by atoms with E-state index in [0.717, 1.165) is 6.07 Å². The molecule has 1 aliphatic heterocycles. The topological polar surface area (TPSA) is 99.2 Å². The lowest BCUT2D eigenvalue weighted by molar-refractivity contribution is -0.132. The predicted octanol–water partition coefficient (Wildman–Crippen LogP) is 2.41. The lowest BCUT2D eigenvalue weighted by Gasteiger charge is -2.25. The van der Waals surface area contributed by atoms with Crippen LogP contribution in [-0.4, -0.2) is 41.4 Å². The van der Waals surface area contributed by atoms with Gasteiger partial charge in [0.1, 0.15) is 11.9 Å². The van der Waals surface area contributed by atoms with Crippen molar-refractivity contribution in [2.75, 3.05) is 6.54 Å². The molecular weight excluding hydrogens is 397 g/mol. The summed E-state index contributed by atoms with van der Waals surface area (Å²) in [5.74, 6) is -4.23. The SMILES string of the molecule is CC(C)CC(N)C(=O)N[C@@H](CC(=O)N1CCCC1C#N)Cc1cc(F)c(F)cc1F. The first-order chi connectivity index (χ1) is 14.1. The van der Waals surface area contributed by atoms with Crippen LogP contribution in [0.4, 0.5) is 13.2 Å². The number of nitrogens with two attached hydrogens (primary N) is 1. The summed E-state index contributed by atoms with van der Waals surface area (Å²) in [6.45, 7) is 4.23. The van der Waals surface area contributed by atoms with E-state index in [4.69, 9.17) is 5.73 Å². The van der Waals surface area contributed by atoms with Gasteiger partial charge in [0.05, 0.1) is 12.1 Å². The number of nitrogens with zero attached hydrogens (tertiary/aromatic N) is 2. The van der Waals surface area contributed by atoms with E-state index >= 15 is 0 Å². The highest BCUT2D eigenvalue weighted by molar-refractivity contribution is 5.83. The monoisotopic (exact) mass is 424 g/mol. The molecule has 9 heteroatoms. The Morgan fingerprint density at radius 2 is 1.93 bits per heavy atom. The molecule has 0 bridgehead atoms.